The lowest BCUT2D eigenvalue weighted by Gasteiger charge is -2.28. The molecule has 88 valence electrons. The Morgan fingerprint density at radius 3 is 2.00 bits per heavy atom. The van der Waals surface area contributed by atoms with Gasteiger partial charge in [0.25, 0.3) is 0 Å². The molecule has 0 aromatic carbocycles. The second kappa shape index (κ2) is 6.49. The minimum Gasteiger partial charge on any atom is -0.466 e. The summed E-state index contributed by atoms with van der Waals surface area (Å²) >= 11 is 0. The Morgan fingerprint density at radius 2 is 1.67 bits per heavy atom. The number of carbonyl (C=O) groups is 1. The topological polar surface area (TPSA) is 77.8 Å². The van der Waals surface area contributed by atoms with Gasteiger partial charge in [-0.2, -0.15) is 0 Å². The lowest BCUT2D eigenvalue weighted by atomic mass is 10.2. The van der Waals surface area contributed by atoms with Crippen molar-refractivity contribution in [3.8, 4) is 0 Å². The predicted octanol–water partition coefficient (Wildman–Crippen LogP) is 0.552. The molecule has 0 saturated carbocycles. The van der Waals surface area contributed by atoms with Crippen molar-refractivity contribution in [2.24, 2.45) is 0 Å². The van der Waals surface area contributed by atoms with E-state index in [1.54, 1.807) is 6.92 Å². The van der Waals surface area contributed by atoms with Gasteiger partial charge in [-0.1, -0.05) is 0 Å². The van der Waals surface area contributed by atoms with E-state index in [9.17, 15) is 4.79 Å². The van der Waals surface area contributed by atoms with Gasteiger partial charge in [-0.3, -0.25) is 4.79 Å². The average Bonchev–Trinajstić information content (AvgIpc) is 2.21. The molecule has 0 amide bonds. The highest BCUT2D eigenvalue weighted by atomic mass is 16.9. The van der Waals surface area contributed by atoms with Crippen molar-refractivity contribution in [3.05, 3.63) is 0 Å². The second-order valence-electron chi connectivity index (χ2n) is 2.63. The summed E-state index contributed by atoms with van der Waals surface area (Å²) in [4.78, 5) is 11.1. The van der Waals surface area contributed by atoms with Crippen LogP contribution in [-0.4, -0.2) is 45.6 Å². The molecule has 0 unspecified atom stereocenters. The molecule has 6 heteroatoms. The van der Waals surface area contributed by atoms with E-state index in [-0.39, 0.29) is 18.7 Å². The summed E-state index contributed by atoms with van der Waals surface area (Å²) in [6.45, 7) is 1.96. The molecule has 0 aliphatic rings. The van der Waals surface area contributed by atoms with Crippen LogP contribution >= 0.6 is 0 Å². The fraction of sp³-hybridized carbons (Fsp3) is 0.778. The van der Waals surface area contributed by atoms with Crippen LogP contribution in [0.2, 0.25) is 0 Å². The maximum absolute atomic E-state index is 11.1. The molecule has 0 aliphatic heterocycles. The van der Waals surface area contributed by atoms with Gasteiger partial charge in [-0.15, -0.1) is 0 Å². The number of ether oxygens (including phenoxy) is 4. The quantitative estimate of drug-likeness (QED) is 0.384. The largest absolute Gasteiger partial charge is 0.466 e. The summed E-state index contributed by atoms with van der Waals surface area (Å²) < 4.78 is 19.4. The SMILES string of the molecule is CCOC(=O)CC(=N)C(OC)(OC)OC. The van der Waals surface area contributed by atoms with Crippen molar-refractivity contribution >= 4 is 11.7 Å². The molecule has 0 aromatic heterocycles. The fourth-order valence-corrected chi connectivity index (χ4v) is 1.08. The summed E-state index contributed by atoms with van der Waals surface area (Å²) in [5, 5.41) is 7.63. The number of hydrogen-bond donors (Lipinski definition) is 1. The van der Waals surface area contributed by atoms with Crippen LogP contribution in [0, 0.1) is 5.41 Å². The molecule has 0 bridgehead atoms. The Morgan fingerprint density at radius 1 is 1.20 bits per heavy atom. The highest BCUT2D eigenvalue weighted by molar-refractivity contribution is 6.00. The molecule has 0 aliphatic carbocycles. The third kappa shape index (κ3) is 3.58. The van der Waals surface area contributed by atoms with Crippen LogP contribution in [0.1, 0.15) is 13.3 Å². The van der Waals surface area contributed by atoms with E-state index in [1.807, 2.05) is 0 Å². The van der Waals surface area contributed by atoms with Crippen LogP contribution in [0.3, 0.4) is 0 Å². The number of methoxy groups -OCH3 is 3. The molecule has 0 aromatic rings. The number of hydrogen-bond acceptors (Lipinski definition) is 6. The Labute approximate surface area is 89.0 Å². The molecular weight excluding hydrogens is 202 g/mol. The zero-order valence-electron chi connectivity index (χ0n) is 9.46. The molecule has 15 heavy (non-hydrogen) atoms. The van der Waals surface area contributed by atoms with E-state index in [0.29, 0.717) is 0 Å². The van der Waals surface area contributed by atoms with Crippen molar-refractivity contribution in [1.29, 1.82) is 5.41 Å². The number of esters is 1. The first kappa shape index (κ1) is 14.0. The minimum absolute atomic E-state index is 0.145. The molecule has 0 heterocycles. The van der Waals surface area contributed by atoms with Crippen LogP contribution in [0.4, 0.5) is 0 Å². The number of rotatable bonds is 7. The van der Waals surface area contributed by atoms with Crippen molar-refractivity contribution in [2.75, 3.05) is 27.9 Å². The normalized spacial score (nSPS) is 11.2. The third-order valence-electron chi connectivity index (χ3n) is 1.80. The monoisotopic (exact) mass is 219 g/mol. The van der Waals surface area contributed by atoms with Gasteiger partial charge in [0.15, 0.2) is 0 Å². The van der Waals surface area contributed by atoms with E-state index >= 15 is 0 Å². The summed E-state index contributed by atoms with van der Waals surface area (Å²) in [6.07, 6.45) is -0.233. The first-order chi connectivity index (χ1) is 7.06. The third-order valence-corrected chi connectivity index (χ3v) is 1.80. The molecule has 0 saturated heterocycles. The van der Waals surface area contributed by atoms with Gasteiger partial charge < -0.3 is 24.4 Å². The van der Waals surface area contributed by atoms with E-state index < -0.39 is 11.9 Å². The van der Waals surface area contributed by atoms with Crippen molar-refractivity contribution < 1.29 is 23.7 Å². The van der Waals surface area contributed by atoms with Gasteiger partial charge in [-0.05, 0) is 6.92 Å². The fourth-order valence-electron chi connectivity index (χ4n) is 1.08. The number of nitrogens with one attached hydrogen (secondary N) is 1. The van der Waals surface area contributed by atoms with Gasteiger partial charge in [0.05, 0.1) is 13.0 Å². The summed E-state index contributed by atoms with van der Waals surface area (Å²) in [5.74, 6) is -2.12. The molecule has 0 radical (unpaired) electrons. The lowest BCUT2D eigenvalue weighted by Crippen LogP contribution is -2.45. The van der Waals surface area contributed by atoms with Crippen LogP contribution < -0.4 is 0 Å². The van der Waals surface area contributed by atoms with E-state index in [1.165, 1.54) is 21.3 Å². The molecule has 0 atom stereocenters. The lowest BCUT2D eigenvalue weighted by molar-refractivity contribution is -0.304. The first-order valence-corrected chi connectivity index (χ1v) is 4.45. The van der Waals surface area contributed by atoms with Crippen LogP contribution in [0.5, 0.6) is 0 Å². The maximum Gasteiger partial charge on any atom is 0.324 e. The summed E-state index contributed by atoms with van der Waals surface area (Å²) in [5.41, 5.74) is -0.145. The Bertz CT molecular complexity index is 216. The molecular formula is C9H17NO5. The van der Waals surface area contributed by atoms with E-state index in [2.05, 4.69) is 0 Å². The van der Waals surface area contributed by atoms with E-state index in [4.69, 9.17) is 24.4 Å². The molecule has 0 spiro atoms. The second-order valence-corrected chi connectivity index (χ2v) is 2.63. The van der Waals surface area contributed by atoms with Gasteiger partial charge in [0, 0.05) is 21.3 Å². The Kier molecular flexibility index (Phi) is 6.07. The highest BCUT2D eigenvalue weighted by Gasteiger charge is 2.37. The molecule has 0 rings (SSSR count). The first-order valence-electron chi connectivity index (χ1n) is 4.45. The zero-order valence-corrected chi connectivity index (χ0v) is 9.46. The minimum atomic E-state index is -1.60. The van der Waals surface area contributed by atoms with Gasteiger partial charge in [-0.25, -0.2) is 0 Å². The van der Waals surface area contributed by atoms with Crippen molar-refractivity contribution in [2.45, 2.75) is 19.3 Å². The maximum atomic E-state index is 11.1. The Balaban J connectivity index is 4.45. The highest BCUT2D eigenvalue weighted by Crippen LogP contribution is 2.16. The van der Waals surface area contributed by atoms with Crippen molar-refractivity contribution in [3.63, 3.8) is 0 Å². The van der Waals surface area contributed by atoms with Crippen LogP contribution in [-0.2, 0) is 23.7 Å². The smallest absolute Gasteiger partial charge is 0.324 e. The van der Waals surface area contributed by atoms with Crippen LogP contribution in [0.15, 0.2) is 0 Å². The standard InChI is InChI=1S/C9H17NO5/c1-5-15-8(11)6-7(10)9(12-2,13-3)14-4/h10H,5-6H2,1-4H3. The zero-order chi connectivity index (χ0) is 11.9. The Hall–Kier alpha value is -0.980. The predicted molar refractivity (Wildman–Crippen MR) is 52.7 cm³/mol. The summed E-state index contributed by atoms with van der Waals surface area (Å²) in [7, 11) is 3.98. The van der Waals surface area contributed by atoms with Gasteiger partial charge in [0.2, 0.25) is 0 Å². The van der Waals surface area contributed by atoms with Gasteiger partial charge in [0.1, 0.15) is 5.71 Å². The molecule has 6 nitrogen and oxygen atoms in total. The van der Waals surface area contributed by atoms with Gasteiger partial charge >= 0.3 is 11.9 Å². The number of carbonyl (C=O) groups excluding carboxylic acids is 1. The average molecular weight is 219 g/mol. The molecule has 0 fully saturated rings. The summed E-state index contributed by atoms with van der Waals surface area (Å²) in [6, 6.07) is 0. The van der Waals surface area contributed by atoms with E-state index in [0.717, 1.165) is 0 Å². The van der Waals surface area contributed by atoms with Crippen LogP contribution in [0.25, 0.3) is 0 Å². The molecule has 1 N–H and O–H groups in total. The van der Waals surface area contributed by atoms with Crippen molar-refractivity contribution in [1.82, 2.24) is 0 Å².